The van der Waals surface area contributed by atoms with E-state index < -0.39 is 5.82 Å². The van der Waals surface area contributed by atoms with Crippen molar-refractivity contribution in [3.8, 4) is 0 Å². The molecule has 0 spiro atoms. The van der Waals surface area contributed by atoms with E-state index in [0.717, 1.165) is 17.7 Å². The molecule has 29 heavy (non-hydrogen) atoms. The second-order valence-corrected chi connectivity index (χ2v) is 7.42. The van der Waals surface area contributed by atoms with Crippen molar-refractivity contribution in [2.45, 2.75) is 39.4 Å². The molecule has 0 aliphatic carbocycles. The van der Waals surface area contributed by atoms with Gasteiger partial charge in [0.2, 0.25) is 0 Å². The minimum absolute atomic E-state index is 0.00885. The summed E-state index contributed by atoms with van der Waals surface area (Å²) in [5, 5.41) is 3.41. The van der Waals surface area contributed by atoms with E-state index in [-0.39, 0.29) is 17.8 Å². The minimum Gasteiger partial charge on any atom is -0.345 e. The molecule has 0 fully saturated rings. The number of carbonyl (C=O) groups is 1. The largest absolute Gasteiger partial charge is 0.345 e. The number of para-hydroxylation sites is 1. The Morgan fingerprint density at radius 1 is 1.14 bits per heavy atom. The number of benzene rings is 2. The molecular weight excluding hydrogens is 389 g/mol. The van der Waals surface area contributed by atoms with Gasteiger partial charge in [-0.2, -0.15) is 0 Å². The molecule has 3 aromatic rings. The Morgan fingerprint density at radius 2 is 1.86 bits per heavy atom. The van der Waals surface area contributed by atoms with Gasteiger partial charge in [0.15, 0.2) is 0 Å². The van der Waals surface area contributed by atoms with Gasteiger partial charge in [0.25, 0.3) is 0 Å². The van der Waals surface area contributed by atoms with Gasteiger partial charge in [-0.25, -0.2) is 9.18 Å². The highest BCUT2D eigenvalue weighted by molar-refractivity contribution is 6.31. The number of carbonyl (C=O) groups excluding carboxylic acids is 1. The van der Waals surface area contributed by atoms with E-state index in [0.29, 0.717) is 18.1 Å². The van der Waals surface area contributed by atoms with Crippen LogP contribution in [-0.4, -0.2) is 21.5 Å². The summed E-state index contributed by atoms with van der Waals surface area (Å²) in [6, 6.07) is 17.5. The zero-order valence-electron chi connectivity index (χ0n) is 16.6. The molecule has 3 rings (SSSR count). The van der Waals surface area contributed by atoms with Gasteiger partial charge < -0.3 is 14.8 Å². The van der Waals surface area contributed by atoms with Crippen LogP contribution < -0.4 is 5.32 Å². The predicted octanol–water partition coefficient (Wildman–Crippen LogP) is 6.16. The second-order valence-electron chi connectivity index (χ2n) is 7.01. The SMILES string of the molecule is CC[C@H](C)N(Cc1cccn1Cc1ccccc1Cl)C(=O)Nc1ccccc1F. The molecule has 4 nitrogen and oxygen atoms in total. The Hall–Kier alpha value is -2.79. The van der Waals surface area contributed by atoms with Crippen molar-refractivity contribution >= 4 is 23.3 Å². The van der Waals surface area contributed by atoms with Crippen LogP contribution in [0.2, 0.25) is 5.02 Å². The quantitative estimate of drug-likeness (QED) is 0.494. The van der Waals surface area contributed by atoms with Crippen molar-refractivity contribution in [3.63, 3.8) is 0 Å². The Morgan fingerprint density at radius 3 is 2.59 bits per heavy atom. The van der Waals surface area contributed by atoms with Crippen LogP contribution in [0.15, 0.2) is 66.9 Å². The molecule has 0 saturated heterocycles. The van der Waals surface area contributed by atoms with Crippen LogP contribution in [0.25, 0.3) is 0 Å². The normalized spacial score (nSPS) is 11.9. The predicted molar refractivity (Wildman–Crippen MR) is 116 cm³/mol. The third kappa shape index (κ3) is 5.18. The maximum Gasteiger partial charge on any atom is 0.322 e. The summed E-state index contributed by atoms with van der Waals surface area (Å²) in [5.74, 6) is -0.452. The molecule has 6 heteroatoms. The van der Waals surface area contributed by atoms with Gasteiger partial charge in [0, 0.05) is 29.5 Å². The molecular formula is C23H25ClFN3O. The van der Waals surface area contributed by atoms with Crippen LogP contribution in [0.4, 0.5) is 14.9 Å². The molecule has 0 bridgehead atoms. The van der Waals surface area contributed by atoms with Crippen molar-refractivity contribution in [2.75, 3.05) is 5.32 Å². The highest BCUT2D eigenvalue weighted by Crippen LogP contribution is 2.20. The first kappa shape index (κ1) is 20.9. The van der Waals surface area contributed by atoms with E-state index in [9.17, 15) is 9.18 Å². The molecule has 0 unspecified atom stereocenters. The van der Waals surface area contributed by atoms with Crippen LogP contribution in [0.5, 0.6) is 0 Å². The fourth-order valence-electron chi connectivity index (χ4n) is 3.13. The lowest BCUT2D eigenvalue weighted by Gasteiger charge is -2.29. The van der Waals surface area contributed by atoms with Crippen molar-refractivity contribution in [1.29, 1.82) is 0 Å². The van der Waals surface area contributed by atoms with Gasteiger partial charge in [-0.05, 0) is 49.2 Å². The summed E-state index contributed by atoms with van der Waals surface area (Å²) >= 11 is 6.30. The van der Waals surface area contributed by atoms with E-state index >= 15 is 0 Å². The van der Waals surface area contributed by atoms with Crippen LogP contribution in [0.1, 0.15) is 31.5 Å². The molecule has 1 atom stereocenters. The van der Waals surface area contributed by atoms with E-state index in [4.69, 9.17) is 11.6 Å². The number of rotatable bonds is 7. The molecule has 2 amide bonds. The van der Waals surface area contributed by atoms with E-state index in [1.54, 1.807) is 23.1 Å². The summed E-state index contributed by atoms with van der Waals surface area (Å²) < 4.78 is 16.0. The highest BCUT2D eigenvalue weighted by Gasteiger charge is 2.21. The summed E-state index contributed by atoms with van der Waals surface area (Å²) in [4.78, 5) is 14.7. The number of aromatic nitrogens is 1. The zero-order valence-corrected chi connectivity index (χ0v) is 17.4. The molecule has 0 radical (unpaired) electrons. The molecule has 2 aromatic carbocycles. The van der Waals surface area contributed by atoms with Crippen LogP contribution >= 0.6 is 11.6 Å². The first-order valence-electron chi connectivity index (χ1n) is 9.69. The number of hydrogen-bond donors (Lipinski definition) is 1. The van der Waals surface area contributed by atoms with E-state index in [2.05, 4.69) is 9.88 Å². The van der Waals surface area contributed by atoms with E-state index in [1.807, 2.05) is 56.4 Å². The van der Waals surface area contributed by atoms with Gasteiger partial charge in [-0.3, -0.25) is 0 Å². The first-order chi connectivity index (χ1) is 14.0. The number of anilines is 1. The second kappa shape index (κ2) is 9.61. The van der Waals surface area contributed by atoms with Gasteiger partial charge >= 0.3 is 6.03 Å². The Kier molecular flexibility index (Phi) is 6.94. The van der Waals surface area contributed by atoms with Crippen LogP contribution in [-0.2, 0) is 13.1 Å². The maximum absolute atomic E-state index is 14.0. The van der Waals surface area contributed by atoms with Crippen molar-refractivity contribution in [3.05, 3.63) is 89.0 Å². The minimum atomic E-state index is -0.452. The van der Waals surface area contributed by atoms with Crippen molar-refractivity contribution in [2.24, 2.45) is 0 Å². The Balaban J connectivity index is 1.79. The van der Waals surface area contributed by atoms with Crippen molar-refractivity contribution in [1.82, 2.24) is 9.47 Å². The van der Waals surface area contributed by atoms with Gasteiger partial charge in [-0.1, -0.05) is 48.9 Å². The number of hydrogen-bond acceptors (Lipinski definition) is 1. The lowest BCUT2D eigenvalue weighted by atomic mass is 10.2. The van der Waals surface area contributed by atoms with Gasteiger partial charge in [-0.15, -0.1) is 0 Å². The number of nitrogens with one attached hydrogen (secondary N) is 1. The lowest BCUT2D eigenvalue weighted by Crippen LogP contribution is -2.41. The zero-order chi connectivity index (χ0) is 20.8. The standard InChI is InChI=1S/C23H25ClFN3O/c1-3-17(2)28(23(29)26-22-13-7-6-12-21(22)25)16-19-10-8-14-27(19)15-18-9-4-5-11-20(18)24/h4-14,17H,3,15-16H2,1-2H3,(H,26,29)/t17-/m0/s1. The van der Waals surface area contributed by atoms with Crippen LogP contribution in [0, 0.1) is 5.82 Å². The molecule has 0 aliphatic rings. The average Bonchev–Trinajstić information content (AvgIpc) is 3.15. The monoisotopic (exact) mass is 413 g/mol. The fraction of sp³-hybridized carbons (Fsp3) is 0.261. The van der Waals surface area contributed by atoms with Gasteiger partial charge in [0.05, 0.1) is 12.2 Å². The Bertz CT molecular complexity index is 972. The third-order valence-electron chi connectivity index (χ3n) is 5.05. The number of nitrogens with zero attached hydrogens (tertiary/aromatic N) is 2. The van der Waals surface area contributed by atoms with Crippen LogP contribution in [0.3, 0.4) is 0 Å². The highest BCUT2D eigenvalue weighted by atomic mass is 35.5. The van der Waals surface area contributed by atoms with E-state index in [1.165, 1.54) is 6.07 Å². The Labute approximate surface area is 175 Å². The number of urea groups is 1. The molecule has 1 heterocycles. The summed E-state index contributed by atoms with van der Waals surface area (Å²) in [6.07, 6.45) is 2.76. The molecule has 1 aromatic heterocycles. The summed E-state index contributed by atoms with van der Waals surface area (Å²) in [6.45, 7) is 5.04. The molecule has 152 valence electrons. The topological polar surface area (TPSA) is 37.3 Å². The molecule has 0 aliphatic heterocycles. The molecule has 0 saturated carbocycles. The van der Waals surface area contributed by atoms with Crippen molar-refractivity contribution < 1.29 is 9.18 Å². The smallest absolute Gasteiger partial charge is 0.322 e. The summed E-state index contributed by atoms with van der Waals surface area (Å²) in [7, 11) is 0. The third-order valence-corrected chi connectivity index (χ3v) is 5.42. The van der Waals surface area contributed by atoms with Gasteiger partial charge in [0.1, 0.15) is 5.82 Å². The fourth-order valence-corrected chi connectivity index (χ4v) is 3.33. The lowest BCUT2D eigenvalue weighted by molar-refractivity contribution is 0.185. The summed E-state index contributed by atoms with van der Waals surface area (Å²) in [5.41, 5.74) is 2.17. The first-order valence-corrected chi connectivity index (χ1v) is 10.1. The average molecular weight is 414 g/mol. The number of halogens is 2. The maximum atomic E-state index is 14.0. The number of amides is 2. The molecule has 1 N–H and O–H groups in total.